The first-order valence-corrected chi connectivity index (χ1v) is 1.73. The Labute approximate surface area is 39.7 Å². The molecule has 0 aromatic carbocycles. The number of aliphatic hydroxyl groups excluding tert-OH is 1. The van der Waals surface area contributed by atoms with Gasteiger partial charge in [-0.1, -0.05) is 0 Å². The maximum absolute atomic E-state index is 11.4. The monoisotopic (exact) mass is 112 g/mol. The summed E-state index contributed by atoms with van der Waals surface area (Å²) in [4.78, 5) is 0. The molecule has 44 valence electrons. The average Bonchev–Trinajstić information content (AvgIpc) is 1.68. The smallest absolute Gasteiger partial charge is 0.229 e. The zero-order chi connectivity index (χ0) is 5.70. The second-order valence-corrected chi connectivity index (χ2v) is 0.860. The van der Waals surface area contributed by atoms with Crippen molar-refractivity contribution in [2.45, 2.75) is 6.36 Å². The van der Waals surface area contributed by atoms with Crippen LogP contribution in [0.3, 0.4) is 0 Å². The number of halogens is 2. The zero-order valence-electron chi connectivity index (χ0n) is 3.60. The lowest BCUT2D eigenvalue weighted by Gasteiger charge is -1.98. The average molecular weight is 112 g/mol. The van der Waals surface area contributed by atoms with Crippen LogP contribution in [-0.4, -0.2) is 24.9 Å². The molecule has 0 aliphatic carbocycles. The van der Waals surface area contributed by atoms with Gasteiger partial charge in [-0.05, 0) is 0 Å². The third-order valence-corrected chi connectivity index (χ3v) is 0.377. The number of ether oxygens (including phenoxy) is 1. The fourth-order valence-corrected chi connectivity index (χ4v) is 0.125. The first-order chi connectivity index (χ1) is 3.31. The van der Waals surface area contributed by atoms with E-state index in [2.05, 4.69) is 4.74 Å². The third-order valence-electron chi connectivity index (χ3n) is 0.377. The molecule has 4 heteroatoms. The van der Waals surface area contributed by atoms with Gasteiger partial charge in [0.25, 0.3) is 0 Å². The van der Waals surface area contributed by atoms with Gasteiger partial charge in [0.1, 0.15) is 13.5 Å². The summed E-state index contributed by atoms with van der Waals surface area (Å²) >= 11 is 0. The van der Waals surface area contributed by atoms with E-state index in [0.717, 1.165) is 0 Å². The molecule has 0 rings (SSSR count). The summed E-state index contributed by atoms with van der Waals surface area (Å²) in [7, 11) is 0. The highest BCUT2D eigenvalue weighted by Gasteiger charge is 2.01. The Kier molecular flexibility index (Phi) is 3.83. The molecule has 1 unspecified atom stereocenters. The minimum absolute atomic E-state index is 0.773. The molecule has 0 heterocycles. The summed E-state index contributed by atoms with van der Waals surface area (Å²) in [6.45, 7) is -1.98. The van der Waals surface area contributed by atoms with Gasteiger partial charge < -0.3 is 9.84 Å². The van der Waals surface area contributed by atoms with Crippen molar-refractivity contribution in [3.8, 4) is 0 Å². The summed E-state index contributed by atoms with van der Waals surface area (Å²) in [5.41, 5.74) is 0. The largest absolute Gasteiger partial charge is 0.371 e. The number of hydrogen-bond donors (Lipinski definition) is 1. The van der Waals surface area contributed by atoms with E-state index in [1.807, 2.05) is 0 Å². The third kappa shape index (κ3) is 3.61. The van der Waals surface area contributed by atoms with Gasteiger partial charge in [-0.25, -0.2) is 8.78 Å². The van der Waals surface area contributed by atoms with Crippen LogP contribution in [0, 0.1) is 0 Å². The minimum atomic E-state index is -1.97. The second-order valence-electron chi connectivity index (χ2n) is 0.860. The summed E-state index contributed by atoms with van der Waals surface area (Å²) in [5, 5.41) is 7.74. The molecular formula is C3H6F2O2. The topological polar surface area (TPSA) is 29.5 Å². The van der Waals surface area contributed by atoms with Gasteiger partial charge in [-0.15, -0.1) is 0 Å². The van der Waals surface area contributed by atoms with Crippen molar-refractivity contribution in [1.29, 1.82) is 0 Å². The molecule has 0 radical (unpaired) electrons. The SMILES string of the molecule is OCOC(F)CF. The molecule has 0 aliphatic heterocycles. The Bertz CT molecular complexity index is 41.9. The summed E-state index contributed by atoms with van der Waals surface area (Å²) in [6.07, 6.45) is -1.97. The van der Waals surface area contributed by atoms with E-state index in [1.165, 1.54) is 0 Å². The number of aliphatic hydroxyl groups is 1. The normalized spacial score (nSPS) is 14.1. The quantitative estimate of drug-likeness (QED) is 0.529. The van der Waals surface area contributed by atoms with Crippen LogP contribution in [0.15, 0.2) is 0 Å². The fourth-order valence-electron chi connectivity index (χ4n) is 0.125. The van der Waals surface area contributed by atoms with E-state index >= 15 is 0 Å². The van der Waals surface area contributed by atoms with Crippen LogP contribution in [0.25, 0.3) is 0 Å². The molecule has 2 nitrogen and oxygen atoms in total. The summed E-state index contributed by atoms with van der Waals surface area (Å²) in [6, 6.07) is 0. The molecule has 0 bridgehead atoms. The van der Waals surface area contributed by atoms with E-state index in [4.69, 9.17) is 5.11 Å². The lowest BCUT2D eigenvalue weighted by atomic mass is 10.8. The van der Waals surface area contributed by atoms with Gasteiger partial charge in [-0.2, -0.15) is 0 Å². The van der Waals surface area contributed by atoms with Crippen LogP contribution in [0.1, 0.15) is 0 Å². The Balaban J connectivity index is 2.83. The second kappa shape index (κ2) is 3.95. The van der Waals surface area contributed by atoms with Crippen molar-refractivity contribution in [3.05, 3.63) is 0 Å². The van der Waals surface area contributed by atoms with Gasteiger partial charge in [0, 0.05) is 0 Å². The summed E-state index contributed by atoms with van der Waals surface area (Å²) < 4.78 is 26.0. The van der Waals surface area contributed by atoms with Crippen LogP contribution in [0.2, 0.25) is 0 Å². The van der Waals surface area contributed by atoms with Crippen molar-refractivity contribution >= 4 is 0 Å². The highest BCUT2D eigenvalue weighted by molar-refractivity contribution is 4.29. The first-order valence-electron chi connectivity index (χ1n) is 1.73. The molecule has 1 atom stereocenters. The Hall–Kier alpha value is -0.220. The molecular weight excluding hydrogens is 106 g/mol. The molecule has 0 amide bonds. The van der Waals surface area contributed by atoms with Crippen molar-refractivity contribution in [3.63, 3.8) is 0 Å². The maximum atomic E-state index is 11.4. The first kappa shape index (κ1) is 6.78. The number of rotatable bonds is 3. The number of hydrogen-bond acceptors (Lipinski definition) is 2. The fraction of sp³-hybridized carbons (Fsp3) is 1.00. The molecule has 0 spiro atoms. The zero-order valence-corrected chi connectivity index (χ0v) is 3.60. The van der Waals surface area contributed by atoms with E-state index in [9.17, 15) is 8.78 Å². The van der Waals surface area contributed by atoms with Gasteiger partial charge >= 0.3 is 0 Å². The molecule has 1 N–H and O–H groups in total. The van der Waals surface area contributed by atoms with E-state index in [-0.39, 0.29) is 0 Å². The highest BCUT2D eigenvalue weighted by atomic mass is 19.2. The van der Waals surface area contributed by atoms with Crippen molar-refractivity contribution in [1.82, 2.24) is 0 Å². The Morgan fingerprint density at radius 1 is 1.71 bits per heavy atom. The lowest BCUT2D eigenvalue weighted by molar-refractivity contribution is -0.115. The predicted molar refractivity (Wildman–Crippen MR) is 19.0 cm³/mol. The molecule has 0 saturated heterocycles. The molecule has 0 saturated carbocycles. The van der Waals surface area contributed by atoms with Gasteiger partial charge in [0.05, 0.1) is 0 Å². The maximum Gasteiger partial charge on any atom is 0.229 e. The van der Waals surface area contributed by atoms with E-state index in [1.54, 1.807) is 0 Å². The molecule has 0 aliphatic rings. The Morgan fingerprint density at radius 3 is 2.43 bits per heavy atom. The van der Waals surface area contributed by atoms with E-state index < -0.39 is 19.8 Å². The minimum Gasteiger partial charge on any atom is -0.371 e. The highest BCUT2D eigenvalue weighted by Crippen LogP contribution is 1.91. The van der Waals surface area contributed by atoms with Crippen molar-refractivity contribution < 1.29 is 18.6 Å². The van der Waals surface area contributed by atoms with E-state index in [0.29, 0.717) is 0 Å². The van der Waals surface area contributed by atoms with Gasteiger partial charge in [-0.3, -0.25) is 0 Å². The van der Waals surface area contributed by atoms with Crippen LogP contribution >= 0.6 is 0 Å². The van der Waals surface area contributed by atoms with Gasteiger partial charge in [0.2, 0.25) is 6.36 Å². The van der Waals surface area contributed by atoms with Gasteiger partial charge in [0.15, 0.2) is 0 Å². The van der Waals surface area contributed by atoms with Crippen LogP contribution in [0.5, 0.6) is 0 Å². The molecule has 0 aromatic rings. The van der Waals surface area contributed by atoms with Crippen LogP contribution in [-0.2, 0) is 4.74 Å². The molecule has 0 aromatic heterocycles. The number of alkyl halides is 2. The van der Waals surface area contributed by atoms with Crippen LogP contribution < -0.4 is 0 Å². The Morgan fingerprint density at radius 2 is 2.29 bits per heavy atom. The van der Waals surface area contributed by atoms with Crippen molar-refractivity contribution in [2.75, 3.05) is 13.5 Å². The summed E-state index contributed by atoms with van der Waals surface area (Å²) in [5.74, 6) is 0. The lowest BCUT2D eigenvalue weighted by Crippen LogP contribution is -2.08. The van der Waals surface area contributed by atoms with Crippen LogP contribution in [0.4, 0.5) is 8.78 Å². The van der Waals surface area contributed by atoms with Crippen molar-refractivity contribution in [2.24, 2.45) is 0 Å². The molecule has 0 fully saturated rings. The standard InChI is InChI=1S/C3H6F2O2/c4-1-3(5)7-2-6/h3,6H,1-2H2. The predicted octanol–water partition coefficient (Wildman–Crippen LogP) is 0.218. The molecule has 7 heavy (non-hydrogen) atoms.